The fraction of sp³-hybridized carbons (Fsp3) is 0.917. The van der Waals surface area contributed by atoms with Gasteiger partial charge in [0.05, 0.1) is 0 Å². The van der Waals surface area contributed by atoms with Gasteiger partial charge in [-0.05, 0) is 12.8 Å². The Morgan fingerprint density at radius 2 is 2.00 bits per heavy atom. The molecule has 94 valence electrons. The van der Waals surface area contributed by atoms with Crippen LogP contribution in [0.3, 0.4) is 0 Å². The molecule has 0 aromatic heterocycles. The maximum atomic E-state index is 11.0. The smallest absolute Gasteiger partial charge is 0.321 e. The lowest BCUT2D eigenvalue weighted by Crippen LogP contribution is -2.43. The Hall–Kier alpha value is -0.220. The Kier molecular flexibility index (Phi) is 6.21. The Bertz CT molecular complexity index is 215. The highest BCUT2D eigenvalue weighted by atomic mass is 32.2. The van der Waals surface area contributed by atoms with Gasteiger partial charge in [0.25, 0.3) is 0 Å². The fourth-order valence-electron chi connectivity index (χ4n) is 2.06. The summed E-state index contributed by atoms with van der Waals surface area (Å²) < 4.78 is 0. The Balaban J connectivity index is 2.28. The maximum Gasteiger partial charge on any atom is 0.321 e. The summed E-state index contributed by atoms with van der Waals surface area (Å²) in [4.78, 5) is 11.0. The van der Waals surface area contributed by atoms with Gasteiger partial charge in [-0.25, -0.2) is 0 Å². The molecule has 0 amide bonds. The molecule has 0 spiro atoms. The summed E-state index contributed by atoms with van der Waals surface area (Å²) in [5.74, 6) is -0.0324. The second-order valence-electron chi connectivity index (χ2n) is 4.81. The lowest BCUT2D eigenvalue weighted by atomic mass is 10.0. The van der Waals surface area contributed by atoms with Crippen LogP contribution < -0.4 is 5.32 Å². The van der Waals surface area contributed by atoms with Gasteiger partial charge in [0.15, 0.2) is 0 Å². The number of rotatable bonds is 6. The van der Waals surface area contributed by atoms with Crippen molar-refractivity contribution in [2.45, 2.75) is 63.3 Å². The van der Waals surface area contributed by atoms with Crippen LogP contribution in [0.15, 0.2) is 0 Å². The predicted octanol–water partition coefficient (Wildman–Crippen LogP) is 2.50. The zero-order chi connectivity index (χ0) is 12.0. The van der Waals surface area contributed by atoms with Gasteiger partial charge in [0.2, 0.25) is 0 Å². The van der Waals surface area contributed by atoms with Crippen LogP contribution in [-0.2, 0) is 4.79 Å². The monoisotopic (exact) mass is 245 g/mol. The minimum atomic E-state index is -0.725. The number of carboxylic acids is 1. The van der Waals surface area contributed by atoms with Gasteiger partial charge in [0.1, 0.15) is 6.04 Å². The van der Waals surface area contributed by atoms with Crippen LogP contribution in [0.2, 0.25) is 0 Å². The number of hydrogen-bond donors (Lipinski definition) is 2. The molecule has 1 aliphatic rings. The zero-order valence-electron chi connectivity index (χ0n) is 10.2. The van der Waals surface area contributed by atoms with Crippen molar-refractivity contribution >= 4 is 17.7 Å². The van der Waals surface area contributed by atoms with E-state index in [1.807, 2.05) is 25.6 Å². The molecule has 16 heavy (non-hydrogen) atoms. The first-order valence-electron chi connectivity index (χ1n) is 6.20. The first kappa shape index (κ1) is 13.8. The topological polar surface area (TPSA) is 49.3 Å². The highest BCUT2D eigenvalue weighted by Crippen LogP contribution is 2.28. The lowest BCUT2D eigenvalue weighted by molar-refractivity contribution is -0.139. The van der Waals surface area contributed by atoms with Gasteiger partial charge in [-0.3, -0.25) is 4.79 Å². The van der Waals surface area contributed by atoms with E-state index in [9.17, 15) is 4.79 Å². The van der Waals surface area contributed by atoms with Gasteiger partial charge < -0.3 is 10.4 Å². The first-order chi connectivity index (χ1) is 7.59. The molecule has 0 radical (unpaired) electrons. The Morgan fingerprint density at radius 3 is 2.50 bits per heavy atom. The minimum absolute atomic E-state index is 0.230. The van der Waals surface area contributed by atoms with E-state index in [0.29, 0.717) is 11.0 Å². The molecule has 1 unspecified atom stereocenters. The van der Waals surface area contributed by atoms with E-state index in [1.54, 1.807) is 0 Å². The van der Waals surface area contributed by atoms with Crippen LogP contribution >= 0.6 is 11.8 Å². The quantitative estimate of drug-likeness (QED) is 0.755. The van der Waals surface area contributed by atoms with Crippen molar-refractivity contribution < 1.29 is 9.90 Å². The number of thioether (sulfide) groups is 1. The number of carbonyl (C=O) groups is 1. The molecular formula is C12H23NO2S. The first-order valence-corrected chi connectivity index (χ1v) is 7.25. The Morgan fingerprint density at radius 1 is 1.38 bits per heavy atom. The summed E-state index contributed by atoms with van der Waals surface area (Å²) in [5, 5.41) is 12.9. The molecule has 1 atom stereocenters. The van der Waals surface area contributed by atoms with Crippen LogP contribution in [0.4, 0.5) is 0 Å². The number of aliphatic carboxylic acids is 1. The average molecular weight is 245 g/mol. The van der Waals surface area contributed by atoms with Crippen LogP contribution in [0.1, 0.15) is 46.0 Å². The summed E-state index contributed by atoms with van der Waals surface area (Å²) in [6.07, 6.45) is 6.50. The summed E-state index contributed by atoms with van der Waals surface area (Å²) >= 11 is 1.83. The third-order valence-electron chi connectivity index (χ3n) is 2.88. The van der Waals surface area contributed by atoms with Crippen LogP contribution in [0.5, 0.6) is 0 Å². The largest absolute Gasteiger partial charge is 0.480 e. The van der Waals surface area contributed by atoms with E-state index < -0.39 is 12.0 Å². The van der Waals surface area contributed by atoms with Crippen molar-refractivity contribution in [2.75, 3.05) is 5.75 Å². The highest BCUT2D eigenvalue weighted by molar-refractivity contribution is 7.99. The van der Waals surface area contributed by atoms with Gasteiger partial charge in [0, 0.05) is 17.0 Å². The van der Waals surface area contributed by atoms with Crippen molar-refractivity contribution in [1.29, 1.82) is 0 Å². The molecule has 1 aliphatic carbocycles. The van der Waals surface area contributed by atoms with Crippen LogP contribution in [0.25, 0.3) is 0 Å². The molecule has 0 aliphatic heterocycles. The van der Waals surface area contributed by atoms with Crippen molar-refractivity contribution in [3.63, 3.8) is 0 Å². The fourth-order valence-corrected chi connectivity index (χ4v) is 3.43. The third kappa shape index (κ3) is 5.21. The highest BCUT2D eigenvalue weighted by Gasteiger charge is 2.21. The van der Waals surface area contributed by atoms with E-state index in [-0.39, 0.29) is 6.04 Å². The van der Waals surface area contributed by atoms with Gasteiger partial charge in [-0.15, -0.1) is 0 Å². The van der Waals surface area contributed by atoms with Gasteiger partial charge >= 0.3 is 5.97 Å². The summed E-state index contributed by atoms with van der Waals surface area (Å²) in [5.41, 5.74) is 0. The van der Waals surface area contributed by atoms with E-state index >= 15 is 0 Å². The summed E-state index contributed by atoms with van der Waals surface area (Å²) in [6.45, 7) is 3.97. The van der Waals surface area contributed by atoms with E-state index in [1.165, 1.54) is 32.1 Å². The third-order valence-corrected chi connectivity index (χ3v) is 4.35. The summed E-state index contributed by atoms with van der Waals surface area (Å²) in [7, 11) is 0. The van der Waals surface area contributed by atoms with Crippen molar-refractivity contribution in [3.8, 4) is 0 Å². The molecule has 0 bridgehead atoms. The number of hydrogen-bond acceptors (Lipinski definition) is 3. The molecule has 1 fully saturated rings. The number of carboxylic acid groups (broad SMARTS) is 1. The second-order valence-corrected chi connectivity index (χ2v) is 6.14. The second kappa shape index (κ2) is 7.17. The van der Waals surface area contributed by atoms with Crippen molar-refractivity contribution in [2.24, 2.45) is 0 Å². The van der Waals surface area contributed by atoms with Crippen molar-refractivity contribution in [3.05, 3.63) is 0 Å². The molecule has 4 heteroatoms. The Labute approximate surface area is 102 Å². The van der Waals surface area contributed by atoms with Gasteiger partial charge in [-0.2, -0.15) is 11.8 Å². The average Bonchev–Trinajstić information content (AvgIpc) is 2.25. The predicted molar refractivity (Wildman–Crippen MR) is 69.0 cm³/mol. The van der Waals surface area contributed by atoms with Crippen molar-refractivity contribution in [1.82, 2.24) is 5.32 Å². The molecule has 0 aromatic carbocycles. The zero-order valence-corrected chi connectivity index (χ0v) is 11.1. The number of nitrogens with one attached hydrogen (secondary N) is 1. The molecule has 0 heterocycles. The standard InChI is InChI=1S/C12H23NO2S/c1-9(2)13-11(12(14)15)8-16-10-6-4-3-5-7-10/h9-11,13H,3-8H2,1-2H3,(H,14,15). The van der Waals surface area contributed by atoms with E-state index in [2.05, 4.69) is 5.32 Å². The van der Waals surface area contributed by atoms with Gasteiger partial charge in [-0.1, -0.05) is 33.1 Å². The molecule has 0 aromatic rings. The molecule has 1 rings (SSSR count). The minimum Gasteiger partial charge on any atom is -0.480 e. The van der Waals surface area contributed by atoms with Crippen LogP contribution in [0, 0.1) is 0 Å². The van der Waals surface area contributed by atoms with E-state index in [0.717, 1.165) is 0 Å². The maximum absolute atomic E-state index is 11.0. The SMILES string of the molecule is CC(C)NC(CSC1CCCCC1)C(=O)O. The van der Waals surface area contributed by atoms with E-state index in [4.69, 9.17) is 5.11 Å². The van der Waals surface area contributed by atoms with Crippen LogP contribution in [-0.4, -0.2) is 34.2 Å². The normalized spacial score (nSPS) is 19.9. The molecule has 3 nitrogen and oxygen atoms in total. The molecule has 1 saturated carbocycles. The lowest BCUT2D eigenvalue weighted by Gasteiger charge is -2.23. The molecular weight excluding hydrogens is 222 g/mol. The molecule has 0 saturated heterocycles. The molecule has 2 N–H and O–H groups in total. The summed E-state index contributed by atoms with van der Waals surface area (Å²) in [6, 6.07) is -0.167.